The van der Waals surface area contributed by atoms with E-state index in [1.54, 1.807) is 42.6 Å². The van der Waals surface area contributed by atoms with Crippen LogP contribution in [0.4, 0.5) is 0 Å². The van der Waals surface area contributed by atoms with E-state index < -0.39 is 17.9 Å². The lowest BCUT2D eigenvalue weighted by Crippen LogP contribution is -2.42. The number of rotatable bonds is 6. The van der Waals surface area contributed by atoms with Crippen molar-refractivity contribution < 1.29 is 19.4 Å². The monoisotopic (exact) mass is 300 g/mol. The average Bonchev–Trinajstić information content (AvgIpc) is 2.55. The molecule has 0 saturated heterocycles. The highest BCUT2D eigenvalue weighted by molar-refractivity contribution is 5.96. The van der Waals surface area contributed by atoms with Crippen LogP contribution in [0.2, 0.25) is 0 Å². The highest BCUT2D eigenvalue weighted by Crippen LogP contribution is 2.14. The number of methoxy groups -OCH3 is 1. The van der Waals surface area contributed by atoms with Crippen molar-refractivity contribution in [1.82, 2.24) is 10.3 Å². The summed E-state index contributed by atoms with van der Waals surface area (Å²) >= 11 is 0. The molecule has 0 bridgehead atoms. The van der Waals surface area contributed by atoms with E-state index in [1.807, 2.05) is 0 Å². The van der Waals surface area contributed by atoms with Gasteiger partial charge < -0.3 is 15.2 Å². The molecule has 22 heavy (non-hydrogen) atoms. The van der Waals surface area contributed by atoms with Crippen molar-refractivity contribution in [3.8, 4) is 5.75 Å². The van der Waals surface area contributed by atoms with Crippen LogP contribution in [0.15, 0.2) is 48.8 Å². The first-order valence-corrected chi connectivity index (χ1v) is 6.67. The highest BCUT2D eigenvalue weighted by atomic mass is 16.5. The Morgan fingerprint density at radius 1 is 1.32 bits per heavy atom. The van der Waals surface area contributed by atoms with Gasteiger partial charge in [0.25, 0.3) is 5.91 Å². The van der Waals surface area contributed by atoms with Crippen LogP contribution < -0.4 is 10.1 Å². The zero-order valence-corrected chi connectivity index (χ0v) is 12.0. The van der Waals surface area contributed by atoms with Gasteiger partial charge in [-0.05, 0) is 29.8 Å². The van der Waals surface area contributed by atoms with Gasteiger partial charge in [-0.2, -0.15) is 0 Å². The van der Waals surface area contributed by atoms with E-state index in [0.29, 0.717) is 11.3 Å². The Labute approximate surface area is 127 Å². The Bertz CT molecular complexity index is 658. The zero-order chi connectivity index (χ0) is 15.9. The number of nitrogens with one attached hydrogen (secondary N) is 1. The summed E-state index contributed by atoms with van der Waals surface area (Å²) in [6.45, 7) is 0. The summed E-state index contributed by atoms with van der Waals surface area (Å²) in [6, 6.07) is 9.24. The number of carbonyl (C=O) groups excluding carboxylic acids is 1. The minimum Gasteiger partial charge on any atom is -0.497 e. The maximum Gasteiger partial charge on any atom is 0.326 e. The number of carboxylic acids is 1. The predicted molar refractivity (Wildman–Crippen MR) is 79.8 cm³/mol. The topological polar surface area (TPSA) is 88.5 Å². The summed E-state index contributed by atoms with van der Waals surface area (Å²) < 4.78 is 5.10. The number of ether oxygens (including phenoxy) is 1. The molecule has 2 N–H and O–H groups in total. The summed E-state index contributed by atoms with van der Waals surface area (Å²) in [5.41, 5.74) is 1.08. The Morgan fingerprint density at radius 3 is 2.77 bits per heavy atom. The van der Waals surface area contributed by atoms with Crippen LogP contribution in [0.3, 0.4) is 0 Å². The molecular weight excluding hydrogens is 284 g/mol. The number of amides is 1. The third-order valence-electron chi connectivity index (χ3n) is 3.10. The predicted octanol–water partition coefficient (Wildman–Crippen LogP) is 1.52. The maximum absolute atomic E-state index is 12.0. The quantitative estimate of drug-likeness (QED) is 0.844. The molecule has 114 valence electrons. The van der Waals surface area contributed by atoms with Gasteiger partial charge >= 0.3 is 5.97 Å². The molecule has 1 atom stereocenters. The number of carboxylic acid groups (broad SMARTS) is 1. The van der Waals surface area contributed by atoms with Gasteiger partial charge in [0.2, 0.25) is 0 Å². The molecule has 1 heterocycles. The second-order valence-electron chi connectivity index (χ2n) is 4.66. The Morgan fingerprint density at radius 2 is 2.14 bits per heavy atom. The first-order valence-electron chi connectivity index (χ1n) is 6.67. The fraction of sp³-hybridized carbons (Fsp3) is 0.188. The summed E-state index contributed by atoms with van der Waals surface area (Å²) in [7, 11) is 1.54. The summed E-state index contributed by atoms with van der Waals surface area (Å²) in [6.07, 6.45) is 3.10. The van der Waals surface area contributed by atoms with Gasteiger partial charge in [0, 0.05) is 18.8 Å². The summed E-state index contributed by atoms with van der Waals surface area (Å²) in [5.74, 6) is -0.927. The van der Waals surface area contributed by atoms with Gasteiger partial charge in [-0.3, -0.25) is 9.78 Å². The van der Waals surface area contributed by atoms with E-state index in [-0.39, 0.29) is 6.42 Å². The molecule has 1 amide bonds. The van der Waals surface area contributed by atoms with Crippen molar-refractivity contribution in [2.45, 2.75) is 12.5 Å². The molecule has 1 aromatic heterocycles. The highest BCUT2D eigenvalue weighted by Gasteiger charge is 2.21. The van der Waals surface area contributed by atoms with Crippen LogP contribution in [0.25, 0.3) is 0 Å². The number of pyridine rings is 1. The number of aliphatic carboxylic acids is 1. The van der Waals surface area contributed by atoms with E-state index in [4.69, 9.17) is 4.74 Å². The maximum atomic E-state index is 12.0. The third-order valence-corrected chi connectivity index (χ3v) is 3.10. The van der Waals surface area contributed by atoms with Crippen LogP contribution in [-0.2, 0) is 11.2 Å². The number of nitrogens with zero attached hydrogens (tertiary/aromatic N) is 1. The number of carbonyl (C=O) groups is 2. The fourth-order valence-electron chi connectivity index (χ4n) is 1.97. The molecule has 0 unspecified atom stereocenters. The lowest BCUT2D eigenvalue weighted by molar-refractivity contribution is -0.139. The van der Waals surface area contributed by atoms with E-state index in [9.17, 15) is 14.7 Å². The van der Waals surface area contributed by atoms with Crippen molar-refractivity contribution in [2.24, 2.45) is 0 Å². The number of aromatic nitrogens is 1. The van der Waals surface area contributed by atoms with Crippen molar-refractivity contribution in [3.05, 3.63) is 59.9 Å². The SMILES string of the molecule is COc1cccc(C[C@@H](NC(=O)c2cccnc2)C(=O)O)c1. The fourth-order valence-corrected chi connectivity index (χ4v) is 1.97. The van der Waals surface area contributed by atoms with Gasteiger partial charge in [0.05, 0.1) is 12.7 Å². The molecule has 2 rings (SSSR count). The molecule has 1 aromatic carbocycles. The van der Waals surface area contributed by atoms with Gasteiger partial charge in [-0.25, -0.2) is 4.79 Å². The van der Waals surface area contributed by atoms with Gasteiger partial charge in [0.15, 0.2) is 0 Å². The van der Waals surface area contributed by atoms with Crippen molar-refractivity contribution >= 4 is 11.9 Å². The van der Waals surface area contributed by atoms with Crippen LogP contribution in [0, 0.1) is 0 Å². The Hall–Kier alpha value is -2.89. The lowest BCUT2D eigenvalue weighted by Gasteiger charge is -2.15. The minimum atomic E-state index is -1.10. The largest absolute Gasteiger partial charge is 0.497 e. The third kappa shape index (κ3) is 4.05. The number of hydrogen-bond donors (Lipinski definition) is 2. The van der Waals surface area contributed by atoms with E-state index >= 15 is 0 Å². The standard InChI is InChI=1S/C16H16N2O4/c1-22-13-6-2-4-11(8-13)9-14(16(20)21)18-15(19)12-5-3-7-17-10-12/h2-8,10,14H,9H2,1H3,(H,18,19)(H,20,21)/t14-/m1/s1. The minimum absolute atomic E-state index is 0.165. The van der Waals surface area contributed by atoms with Crippen molar-refractivity contribution in [1.29, 1.82) is 0 Å². The second kappa shape index (κ2) is 7.21. The molecular formula is C16H16N2O4. The lowest BCUT2D eigenvalue weighted by atomic mass is 10.1. The molecule has 0 aliphatic heterocycles. The first kappa shape index (κ1) is 15.5. The van der Waals surface area contributed by atoms with E-state index in [1.165, 1.54) is 13.3 Å². The molecule has 6 nitrogen and oxygen atoms in total. The van der Waals surface area contributed by atoms with Gasteiger partial charge in [0.1, 0.15) is 11.8 Å². The van der Waals surface area contributed by atoms with Crippen molar-refractivity contribution in [2.75, 3.05) is 7.11 Å². The van der Waals surface area contributed by atoms with Crippen LogP contribution >= 0.6 is 0 Å². The van der Waals surface area contributed by atoms with Gasteiger partial charge in [-0.15, -0.1) is 0 Å². The number of hydrogen-bond acceptors (Lipinski definition) is 4. The number of benzene rings is 1. The van der Waals surface area contributed by atoms with E-state index in [2.05, 4.69) is 10.3 Å². The zero-order valence-electron chi connectivity index (χ0n) is 12.0. The average molecular weight is 300 g/mol. The van der Waals surface area contributed by atoms with Crippen LogP contribution in [0.1, 0.15) is 15.9 Å². The van der Waals surface area contributed by atoms with Gasteiger partial charge in [-0.1, -0.05) is 12.1 Å². The smallest absolute Gasteiger partial charge is 0.326 e. The van der Waals surface area contributed by atoms with Crippen LogP contribution in [0.5, 0.6) is 5.75 Å². The molecule has 0 radical (unpaired) electrons. The Balaban J connectivity index is 2.10. The normalized spacial score (nSPS) is 11.5. The molecule has 2 aromatic rings. The second-order valence-corrected chi connectivity index (χ2v) is 4.66. The van der Waals surface area contributed by atoms with E-state index in [0.717, 1.165) is 5.56 Å². The molecule has 0 aliphatic carbocycles. The summed E-state index contributed by atoms with van der Waals surface area (Å²) in [5, 5.41) is 11.8. The summed E-state index contributed by atoms with van der Waals surface area (Å²) in [4.78, 5) is 27.2. The van der Waals surface area contributed by atoms with Crippen molar-refractivity contribution in [3.63, 3.8) is 0 Å². The Kier molecular flexibility index (Phi) is 5.08. The molecule has 0 fully saturated rings. The van der Waals surface area contributed by atoms with Crippen LogP contribution in [-0.4, -0.2) is 35.1 Å². The first-order chi connectivity index (χ1) is 10.6. The molecule has 0 saturated carbocycles. The molecule has 0 aliphatic rings. The molecule has 6 heteroatoms. The molecule has 0 spiro atoms.